The highest BCUT2D eigenvalue weighted by Gasteiger charge is 2.26. The first-order chi connectivity index (χ1) is 12.5. The first kappa shape index (κ1) is 20.8. The maximum atomic E-state index is 13.8. The molecule has 0 bridgehead atoms. The maximum Gasteiger partial charge on any atom is 0.191 e. The van der Waals surface area contributed by atoms with Crippen LogP contribution in [0.1, 0.15) is 51.2 Å². The Morgan fingerprint density at radius 2 is 2.15 bits per heavy atom. The van der Waals surface area contributed by atoms with Gasteiger partial charge >= 0.3 is 0 Å². The van der Waals surface area contributed by atoms with Crippen molar-refractivity contribution in [3.8, 4) is 0 Å². The molecule has 1 aliphatic rings. The highest BCUT2D eigenvalue weighted by Crippen LogP contribution is 2.23. The monoisotopic (exact) mass is 383 g/mol. The Hall–Kier alpha value is -1.47. The molecule has 0 spiro atoms. The summed E-state index contributed by atoms with van der Waals surface area (Å²) in [6.07, 6.45) is 2.94. The third-order valence-corrected chi connectivity index (χ3v) is 6.39. The topological polar surface area (TPSA) is 73.7 Å². The van der Waals surface area contributed by atoms with Gasteiger partial charge in [0.2, 0.25) is 0 Å². The molecule has 0 aliphatic heterocycles. The van der Waals surface area contributed by atoms with Crippen molar-refractivity contribution in [2.24, 2.45) is 4.99 Å². The molecule has 7 heteroatoms. The quantitative estimate of drug-likeness (QED) is 0.500. The van der Waals surface area contributed by atoms with Crippen LogP contribution in [-0.2, 0) is 10.8 Å². The van der Waals surface area contributed by atoms with Crippen LogP contribution in [0, 0.1) is 5.82 Å². The summed E-state index contributed by atoms with van der Waals surface area (Å²) in [6, 6.07) is 6.42. The summed E-state index contributed by atoms with van der Waals surface area (Å²) in [4.78, 5) is 4.42. The van der Waals surface area contributed by atoms with Gasteiger partial charge in [-0.05, 0) is 32.3 Å². The Labute approximate surface area is 157 Å². The van der Waals surface area contributed by atoms with Gasteiger partial charge in [0.05, 0.1) is 6.54 Å². The van der Waals surface area contributed by atoms with Crippen LogP contribution in [0.4, 0.5) is 4.39 Å². The number of benzene rings is 1. The van der Waals surface area contributed by atoms with Crippen molar-refractivity contribution >= 4 is 16.8 Å². The van der Waals surface area contributed by atoms with Crippen molar-refractivity contribution in [1.29, 1.82) is 0 Å². The van der Waals surface area contributed by atoms with Gasteiger partial charge in [-0.2, -0.15) is 0 Å². The number of aliphatic hydroxyl groups excluding tert-OH is 1. The summed E-state index contributed by atoms with van der Waals surface area (Å²) >= 11 is 0. The van der Waals surface area contributed by atoms with E-state index in [-0.39, 0.29) is 23.4 Å². The lowest BCUT2D eigenvalue weighted by Crippen LogP contribution is -2.46. The second-order valence-corrected chi connectivity index (χ2v) is 8.56. The fourth-order valence-electron chi connectivity index (χ4n) is 3.29. The van der Waals surface area contributed by atoms with E-state index in [9.17, 15) is 13.7 Å². The van der Waals surface area contributed by atoms with Gasteiger partial charge in [0.15, 0.2) is 5.96 Å². The lowest BCUT2D eigenvalue weighted by atomic mass is 9.95. The van der Waals surface area contributed by atoms with Crippen LogP contribution in [0.15, 0.2) is 29.3 Å². The van der Waals surface area contributed by atoms with Gasteiger partial charge in [0.25, 0.3) is 0 Å². The predicted octanol–water partition coefficient (Wildman–Crippen LogP) is 2.49. The molecule has 0 aromatic heterocycles. The zero-order chi connectivity index (χ0) is 18.9. The zero-order valence-corrected chi connectivity index (χ0v) is 16.4. The van der Waals surface area contributed by atoms with Crippen molar-refractivity contribution in [3.63, 3.8) is 0 Å². The minimum absolute atomic E-state index is 0.0767. The third kappa shape index (κ3) is 6.06. The highest BCUT2D eigenvalue weighted by molar-refractivity contribution is 7.85. The molecular weight excluding hydrogens is 353 g/mol. The van der Waals surface area contributed by atoms with E-state index in [1.165, 1.54) is 6.07 Å². The van der Waals surface area contributed by atoms with E-state index in [1.807, 2.05) is 13.8 Å². The van der Waals surface area contributed by atoms with E-state index in [0.29, 0.717) is 18.3 Å². The molecule has 0 saturated heterocycles. The summed E-state index contributed by atoms with van der Waals surface area (Å²) in [6.45, 7) is 4.70. The Morgan fingerprint density at radius 1 is 1.38 bits per heavy atom. The highest BCUT2D eigenvalue weighted by atomic mass is 32.2. The zero-order valence-electron chi connectivity index (χ0n) is 15.6. The predicted molar refractivity (Wildman–Crippen MR) is 105 cm³/mol. The molecule has 1 aromatic carbocycles. The van der Waals surface area contributed by atoms with Crippen molar-refractivity contribution in [3.05, 3.63) is 35.6 Å². The molecule has 1 aromatic rings. The van der Waals surface area contributed by atoms with Crippen LogP contribution in [0.5, 0.6) is 0 Å². The van der Waals surface area contributed by atoms with E-state index >= 15 is 0 Å². The second-order valence-electron chi connectivity index (χ2n) is 6.56. The minimum Gasteiger partial charge on any atom is -0.386 e. The summed E-state index contributed by atoms with van der Waals surface area (Å²) in [7, 11) is -0.773. The molecule has 2 rings (SSSR count). The van der Waals surface area contributed by atoms with Gasteiger partial charge in [0, 0.05) is 40.0 Å². The lowest BCUT2D eigenvalue weighted by molar-refractivity contribution is 0.182. The summed E-state index contributed by atoms with van der Waals surface area (Å²) in [5.41, 5.74) is 0.253. The number of halogens is 1. The molecule has 26 heavy (non-hydrogen) atoms. The molecule has 0 amide bonds. The Bertz CT molecular complexity index is 627. The van der Waals surface area contributed by atoms with Gasteiger partial charge in [-0.1, -0.05) is 31.5 Å². The van der Waals surface area contributed by atoms with Crippen molar-refractivity contribution < 1.29 is 13.7 Å². The van der Waals surface area contributed by atoms with Gasteiger partial charge in [-0.25, -0.2) is 4.39 Å². The molecule has 1 fully saturated rings. The number of rotatable bonds is 7. The summed E-state index contributed by atoms with van der Waals surface area (Å²) in [5, 5.41) is 17.0. The van der Waals surface area contributed by atoms with Gasteiger partial charge in [0.1, 0.15) is 11.9 Å². The molecule has 3 N–H and O–H groups in total. The van der Waals surface area contributed by atoms with Crippen molar-refractivity contribution in [2.45, 2.75) is 56.9 Å². The standard InChI is InChI=1S/C19H30FN3O2S/c1-3-21-19(22-13-18(24)16-10-5-6-11-17(16)20)23-14-8-7-9-15(12-14)26(25)4-2/h5-6,10-11,14-15,18,24H,3-4,7-9,12-13H2,1-2H3,(H2,21,22,23). The fraction of sp³-hybridized carbons (Fsp3) is 0.632. The van der Waals surface area contributed by atoms with Gasteiger partial charge < -0.3 is 15.7 Å². The normalized spacial score (nSPS) is 23.3. The average molecular weight is 384 g/mol. The van der Waals surface area contributed by atoms with E-state index in [4.69, 9.17) is 0 Å². The van der Waals surface area contributed by atoms with E-state index < -0.39 is 22.7 Å². The fourth-order valence-corrected chi connectivity index (χ4v) is 4.63. The van der Waals surface area contributed by atoms with E-state index in [0.717, 1.165) is 25.7 Å². The average Bonchev–Trinajstić information content (AvgIpc) is 2.66. The number of hydrogen-bond acceptors (Lipinski definition) is 3. The second kappa shape index (κ2) is 10.6. The summed E-state index contributed by atoms with van der Waals surface area (Å²) < 4.78 is 25.9. The number of guanidine groups is 1. The molecule has 5 nitrogen and oxygen atoms in total. The molecule has 0 heterocycles. The SMILES string of the molecule is CCNC(=NCC(O)c1ccccc1F)NC1CCCC(S(=O)CC)C1. The Balaban J connectivity index is 1.98. The third-order valence-electron chi connectivity index (χ3n) is 4.65. The number of hydrogen-bond donors (Lipinski definition) is 3. The lowest BCUT2D eigenvalue weighted by Gasteiger charge is -2.30. The maximum absolute atomic E-state index is 13.8. The van der Waals surface area contributed by atoms with Crippen LogP contribution < -0.4 is 10.6 Å². The molecule has 146 valence electrons. The minimum atomic E-state index is -0.988. The number of nitrogens with one attached hydrogen (secondary N) is 2. The van der Waals surface area contributed by atoms with Crippen LogP contribution in [0.25, 0.3) is 0 Å². The number of aliphatic hydroxyl groups is 1. The largest absolute Gasteiger partial charge is 0.386 e. The molecule has 1 saturated carbocycles. The van der Waals surface area contributed by atoms with E-state index in [2.05, 4.69) is 15.6 Å². The molecule has 0 radical (unpaired) electrons. The Morgan fingerprint density at radius 3 is 2.85 bits per heavy atom. The first-order valence-corrected chi connectivity index (χ1v) is 10.8. The molecular formula is C19H30FN3O2S. The van der Waals surface area contributed by atoms with Crippen LogP contribution in [-0.4, -0.2) is 45.4 Å². The number of aliphatic imine (C=N–C) groups is 1. The van der Waals surface area contributed by atoms with Crippen molar-refractivity contribution in [2.75, 3.05) is 18.8 Å². The van der Waals surface area contributed by atoms with Gasteiger partial charge in [-0.3, -0.25) is 9.20 Å². The van der Waals surface area contributed by atoms with Crippen molar-refractivity contribution in [1.82, 2.24) is 10.6 Å². The van der Waals surface area contributed by atoms with E-state index in [1.54, 1.807) is 18.2 Å². The summed E-state index contributed by atoms with van der Waals surface area (Å²) in [5.74, 6) is 0.876. The van der Waals surface area contributed by atoms with Crippen LogP contribution in [0.2, 0.25) is 0 Å². The Kier molecular flexibility index (Phi) is 8.51. The van der Waals surface area contributed by atoms with Crippen LogP contribution in [0.3, 0.4) is 0 Å². The van der Waals surface area contributed by atoms with Crippen LogP contribution >= 0.6 is 0 Å². The molecule has 1 aliphatic carbocycles. The molecule has 4 unspecified atom stereocenters. The smallest absolute Gasteiger partial charge is 0.191 e. The molecule has 4 atom stereocenters. The number of nitrogens with zero attached hydrogens (tertiary/aromatic N) is 1. The first-order valence-electron chi connectivity index (χ1n) is 9.39. The van der Waals surface area contributed by atoms with Gasteiger partial charge in [-0.15, -0.1) is 0 Å².